The SMILES string of the molecule is CCCCC1CCC(C2CCC(C(=O)Oc3ccc(N=Nc4ccc(N=Nc5ccc(N=Nc6ccc(N=Nc7ccc(N(CC)CC)cc7)cc6C)cc5)cc4)cc3)CC2)CC1. The van der Waals surface area contributed by atoms with Crippen molar-refractivity contribution in [2.75, 3.05) is 18.0 Å². The normalized spacial score (nSPS) is 19.4. The van der Waals surface area contributed by atoms with Crippen LogP contribution in [0.2, 0.25) is 0 Å². The molecule has 0 heterocycles. The maximum atomic E-state index is 13.0. The van der Waals surface area contributed by atoms with Crippen LogP contribution in [0.15, 0.2) is 156 Å². The van der Waals surface area contributed by atoms with Crippen LogP contribution < -0.4 is 9.64 Å². The molecule has 0 aliphatic heterocycles. The molecule has 0 saturated heterocycles. The molecular weight excluding hydrogens is 783 g/mol. The van der Waals surface area contributed by atoms with Gasteiger partial charge in [0, 0.05) is 18.8 Å². The van der Waals surface area contributed by atoms with E-state index in [4.69, 9.17) is 4.74 Å². The molecule has 0 spiro atoms. The van der Waals surface area contributed by atoms with Crippen molar-refractivity contribution in [3.8, 4) is 5.75 Å². The van der Waals surface area contributed by atoms with E-state index in [1.165, 1.54) is 50.6 Å². The fourth-order valence-electron chi connectivity index (χ4n) is 8.81. The molecular formula is C52H61N9O2. The Morgan fingerprint density at radius 2 is 0.937 bits per heavy atom. The van der Waals surface area contributed by atoms with Gasteiger partial charge in [-0.25, -0.2) is 0 Å². The van der Waals surface area contributed by atoms with Gasteiger partial charge in [-0.1, -0.05) is 39.0 Å². The van der Waals surface area contributed by atoms with Crippen LogP contribution in [-0.4, -0.2) is 19.1 Å². The van der Waals surface area contributed by atoms with Crippen LogP contribution in [0.4, 0.5) is 51.2 Å². The van der Waals surface area contributed by atoms with Gasteiger partial charge in [0.05, 0.1) is 51.4 Å². The van der Waals surface area contributed by atoms with Gasteiger partial charge < -0.3 is 9.64 Å². The highest BCUT2D eigenvalue weighted by atomic mass is 16.5. The molecule has 0 atom stereocenters. The lowest BCUT2D eigenvalue weighted by Crippen LogP contribution is -2.30. The number of rotatable bonds is 17. The Hall–Kier alpha value is -6.23. The van der Waals surface area contributed by atoms with Gasteiger partial charge in [0.15, 0.2) is 0 Å². The molecule has 7 rings (SSSR count). The molecule has 63 heavy (non-hydrogen) atoms. The first-order valence-corrected chi connectivity index (χ1v) is 23.0. The van der Waals surface area contributed by atoms with Crippen LogP contribution in [0.1, 0.15) is 97.0 Å². The Morgan fingerprint density at radius 3 is 1.40 bits per heavy atom. The molecule has 2 fully saturated rings. The van der Waals surface area contributed by atoms with Crippen molar-refractivity contribution in [3.05, 3.63) is 121 Å². The molecule has 11 nitrogen and oxygen atoms in total. The average Bonchev–Trinajstić information content (AvgIpc) is 3.33. The van der Waals surface area contributed by atoms with Gasteiger partial charge >= 0.3 is 5.97 Å². The van der Waals surface area contributed by atoms with E-state index in [0.717, 1.165) is 79.2 Å². The molecule has 5 aromatic carbocycles. The molecule has 2 aliphatic carbocycles. The first kappa shape index (κ1) is 44.8. The molecule has 0 radical (unpaired) electrons. The summed E-state index contributed by atoms with van der Waals surface area (Å²) in [6, 6.07) is 35.8. The lowest BCUT2D eigenvalue weighted by atomic mass is 9.68. The second-order valence-corrected chi connectivity index (χ2v) is 16.9. The monoisotopic (exact) mass is 843 g/mol. The summed E-state index contributed by atoms with van der Waals surface area (Å²) < 4.78 is 5.79. The fraction of sp³-hybridized carbons (Fsp3) is 0.404. The molecule has 5 aromatic rings. The molecule has 0 aromatic heterocycles. The van der Waals surface area contributed by atoms with E-state index in [-0.39, 0.29) is 11.9 Å². The Kier molecular flexibility index (Phi) is 16.2. The van der Waals surface area contributed by atoms with Crippen molar-refractivity contribution >= 4 is 57.2 Å². The summed E-state index contributed by atoms with van der Waals surface area (Å²) in [5.74, 6) is 3.00. The Balaban J connectivity index is 0.827. The third-order valence-corrected chi connectivity index (χ3v) is 12.7. The van der Waals surface area contributed by atoms with Crippen molar-refractivity contribution in [1.29, 1.82) is 0 Å². The van der Waals surface area contributed by atoms with Crippen molar-refractivity contribution in [3.63, 3.8) is 0 Å². The number of unbranched alkanes of at least 4 members (excludes halogenated alkanes) is 1. The van der Waals surface area contributed by atoms with E-state index in [2.05, 4.69) is 78.7 Å². The van der Waals surface area contributed by atoms with Gasteiger partial charge in [-0.05, 0) is 198 Å². The van der Waals surface area contributed by atoms with E-state index < -0.39 is 0 Å². The highest BCUT2D eigenvalue weighted by Gasteiger charge is 2.33. The minimum atomic E-state index is -0.107. The topological polar surface area (TPSA) is 128 Å². The molecule has 2 aliphatic rings. The van der Waals surface area contributed by atoms with Crippen molar-refractivity contribution in [1.82, 2.24) is 0 Å². The standard InChI is InChI=1S/C52H61N9O2/c1-5-8-9-38-10-12-39(13-11-38)40-14-16-41(17-15-40)52(62)63-50-33-28-47(29-34-50)56-55-43-20-18-42(19-21-43)53-54-44-22-24-45(25-23-44)58-60-51-35-30-48(36-37(51)4)59-57-46-26-31-49(32-27-46)61(6-2)7-3/h18-36,38-41H,5-17H2,1-4H3. The Labute approximate surface area is 372 Å². The summed E-state index contributed by atoms with van der Waals surface area (Å²) in [6.07, 6.45) is 13.8. The number of hydrogen-bond donors (Lipinski definition) is 0. The van der Waals surface area contributed by atoms with Gasteiger partial charge in [-0.3, -0.25) is 4.79 Å². The maximum absolute atomic E-state index is 13.0. The summed E-state index contributed by atoms with van der Waals surface area (Å²) in [5.41, 5.74) is 7.88. The highest BCUT2D eigenvalue weighted by molar-refractivity contribution is 5.75. The van der Waals surface area contributed by atoms with Crippen LogP contribution in [0.5, 0.6) is 5.75 Å². The number of anilines is 1. The molecule has 11 heteroatoms. The van der Waals surface area contributed by atoms with Gasteiger partial charge in [-0.2, -0.15) is 40.9 Å². The van der Waals surface area contributed by atoms with E-state index >= 15 is 0 Å². The van der Waals surface area contributed by atoms with Gasteiger partial charge in [0.25, 0.3) is 0 Å². The van der Waals surface area contributed by atoms with Crippen molar-refractivity contribution in [2.24, 2.45) is 64.6 Å². The number of esters is 1. The van der Waals surface area contributed by atoms with Crippen LogP contribution in [0.3, 0.4) is 0 Å². The number of benzene rings is 5. The largest absolute Gasteiger partial charge is 0.426 e. The number of carbonyl (C=O) groups excluding carboxylic acids is 1. The van der Waals surface area contributed by atoms with Crippen molar-refractivity contribution in [2.45, 2.75) is 98.3 Å². The summed E-state index contributed by atoms with van der Waals surface area (Å²) >= 11 is 0. The van der Waals surface area contributed by atoms with E-state index in [9.17, 15) is 4.79 Å². The first-order chi connectivity index (χ1) is 30.8. The lowest BCUT2D eigenvalue weighted by Gasteiger charge is -2.37. The second-order valence-electron chi connectivity index (χ2n) is 16.9. The zero-order valence-corrected chi connectivity index (χ0v) is 37.3. The van der Waals surface area contributed by atoms with E-state index in [1.54, 1.807) is 12.1 Å². The molecule has 0 bridgehead atoms. The number of carbonyl (C=O) groups is 1. The Bertz CT molecular complexity index is 2320. The summed E-state index contributed by atoms with van der Waals surface area (Å²) in [7, 11) is 0. The number of ether oxygens (including phenoxy) is 1. The van der Waals surface area contributed by atoms with Crippen LogP contribution >= 0.6 is 0 Å². The van der Waals surface area contributed by atoms with Gasteiger partial charge in [-0.15, -0.1) is 0 Å². The molecule has 0 unspecified atom stereocenters. The highest BCUT2D eigenvalue weighted by Crippen LogP contribution is 2.43. The number of aryl methyl sites for hydroxylation is 1. The van der Waals surface area contributed by atoms with Crippen LogP contribution in [0, 0.1) is 30.6 Å². The maximum Gasteiger partial charge on any atom is 0.314 e. The molecule has 0 N–H and O–H groups in total. The van der Waals surface area contributed by atoms with E-state index in [0.29, 0.717) is 34.2 Å². The zero-order valence-electron chi connectivity index (χ0n) is 37.3. The number of azo groups is 4. The summed E-state index contributed by atoms with van der Waals surface area (Å²) in [4.78, 5) is 15.3. The smallest absolute Gasteiger partial charge is 0.314 e. The number of hydrogen-bond acceptors (Lipinski definition) is 11. The van der Waals surface area contributed by atoms with Crippen LogP contribution in [0.25, 0.3) is 0 Å². The fourth-order valence-corrected chi connectivity index (χ4v) is 8.81. The van der Waals surface area contributed by atoms with Crippen LogP contribution in [-0.2, 0) is 4.79 Å². The zero-order chi connectivity index (χ0) is 43.8. The number of nitrogens with zero attached hydrogens (tertiary/aromatic N) is 9. The predicted molar refractivity (Wildman–Crippen MR) is 253 cm³/mol. The Morgan fingerprint density at radius 1 is 0.524 bits per heavy atom. The quantitative estimate of drug-likeness (QED) is 0.0525. The minimum Gasteiger partial charge on any atom is -0.426 e. The third kappa shape index (κ3) is 13.1. The lowest BCUT2D eigenvalue weighted by molar-refractivity contribution is -0.140. The van der Waals surface area contributed by atoms with E-state index in [1.807, 2.05) is 97.9 Å². The molecule has 326 valence electrons. The summed E-state index contributed by atoms with van der Waals surface area (Å²) in [6.45, 7) is 10.5. The second kappa shape index (κ2) is 22.7. The predicted octanol–water partition coefficient (Wildman–Crippen LogP) is 17.2. The van der Waals surface area contributed by atoms with Gasteiger partial charge in [0.2, 0.25) is 0 Å². The van der Waals surface area contributed by atoms with Crippen molar-refractivity contribution < 1.29 is 9.53 Å². The summed E-state index contributed by atoms with van der Waals surface area (Å²) in [5, 5.41) is 35.2. The minimum absolute atomic E-state index is 0.00884. The first-order valence-electron chi connectivity index (χ1n) is 23.0. The molecule has 2 saturated carbocycles. The molecule has 0 amide bonds. The third-order valence-electron chi connectivity index (χ3n) is 12.7. The average molecular weight is 844 g/mol. The van der Waals surface area contributed by atoms with Gasteiger partial charge in [0.1, 0.15) is 5.75 Å².